The molecule has 6 heteroatoms. The number of carbonyl (C=O) groups is 1. The monoisotopic (exact) mass is 471 g/mol. The fraction of sp³-hybridized carbons (Fsp3) is 0.310. The van der Waals surface area contributed by atoms with Gasteiger partial charge in [0.15, 0.2) is 0 Å². The normalized spacial score (nSPS) is 11.9. The Balaban J connectivity index is 1.43. The van der Waals surface area contributed by atoms with Crippen LogP contribution in [-0.2, 0) is 6.54 Å². The Morgan fingerprint density at radius 3 is 2.69 bits per heavy atom. The number of fused-ring (bicyclic) bond motifs is 1. The number of hydrogen-bond donors (Lipinski definition) is 1. The molecule has 1 heterocycles. The van der Waals surface area contributed by atoms with E-state index in [1.165, 1.54) is 5.56 Å². The van der Waals surface area contributed by atoms with Crippen molar-refractivity contribution in [3.8, 4) is 11.5 Å². The van der Waals surface area contributed by atoms with Gasteiger partial charge in [-0.05, 0) is 81.1 Å². The van der Waals surface area contributed by atoms with Crippen molar-refractivity contribution in [3.05, 3.63) is 89.2 Å². The minimum absolute atomic E-state index is 0.156. The van der Waals surface area contributed by atoms with Crippen molar-refractivity contribution in [2.24, 2.45) is 0 Å². The van der Waals surface area contributed by atoms with Gasteiger partial charge in [0.05, 0.1) is 30.8 Å². The molecule has 0 saturated heterocycles. The predicted molar refractivity (Wildman–Crippen MR) is 139 cm³/mol. The topological polar surface area (TPSA) is 65.4 Å². The zero-order valence-corrected chi connectivity index (χ0v) is 20.9. The average Bonchev–Trinajstić information content (AvgIpc) is 3.24. The molecule has 4 aromatic rings. The number of nitrogens with one attached hydrogen (secondary N) is 1. The van der Waals surface area contributed by atoms with Crippen LogP contribution in [0, 0.1) is 13.8 Å². The first kappa shape index (κ1) is 24.3. The number of rotatable bonds is 10. The molecule has 0 spiro atoms. The quantitative estimate of drug-likeness (QED) is 0.288. The third-order valence-electron chi connectivity index (χ3n) is 6.13. The summed E-state index contributed by atoms with van der Waals surface area (Å²) >= 11 is 0. The van der Waals surface area contributed by atoms with E-state index < -0.39 is 0 Å². The molecule has 0 fully saturated rings. The van der Waals surface area contributed by atoms with Gasteiger partial charge in [0, 0.05) is 12.1 Å². The predicted octanol–water partition coefficient (Wildman–Crippen LogP) is 6.01. The highest BCUT2D eigenvalue weighted by atomic mass is 16.5. The van der Waals surface area contributed by atoms with E-state index >= 15 is 0 Å². The molecule has 182 valence electrons. The second-order valence-corrected chi connectivity index (χ2v) is 8.86. The smallest absolute Gasteiger partial charge is 0.251 e. The number of para-hydroxylation sites is 2. The Hall–Kier alpha value is -3.80. The van der Waals surface area contributed by atoms with Crippen LogP contribution in [0.15, 0.2) is 66.7 Å². The Kier molecular flexibility index (Phi) is 7.70. The van der Waals surface area contributed by atoms with Crippen LogP contribution >= 0.6 is 0 Å². The van der Waals surface area contributed by atoms with E-state index in [1.807, 2.05) is 37.3 Å². The van der Waals surface area contributed by atoms with Gasteiger partial charge in [0.2, 0.25) is 0 Å². The molecular formula is C29H33N3O3. The van der Waals surface area contributed by atoms with Gasteiger partial charge in [-0.15, -0.1) is 0 Å². The first-order valence-corrected chi connectivity index (χ1v) is 12.1. The van der Waals surface area contributed by atoms with E-state index in [0.29, 0.717) is 17.9 Å². The van der Waals surface area contributed by atoms with Crippen molar-refractivity contribution >= 4 is 16.9 Å². The van der Waals surface area contributed by atoms with Crippen LogP contribution in [0.3, 0.4) is 0 Å². The van der Waals surface area contributed by atoms with Gasteiger partial charge >= 0.3 is 0 Å². The van der Waals surface area contributed by atoms with Crippen LogP contribution in [0.1, 0.15) is 53.1 Å². The van der Waals surface area contributed by atoms with Gasteiger partial charge in [0.1, 0.15) is 17.3 Å². The molecule has 0 radical (unpaired) electrons. The maximum absolute atomic E-state index is 12.9. The number of benzene rings is 3. The van der Waals surface area contributed by atoms with E-state index in [9.17, 15) is 4.79 Å². The molecule has 0 saturated carbocycles. The largest absolute Gasteiger partial charge is 0.497 e. The Labute approximate surface area is 206 Å². The number of unbranched alkanes of at least 4 members (excludes halogenated alkanes) is 1. The first-order chi connectivity index (χ1) is 17.0. The van der Waals surface area contributed by atoms with Crippen molar-refractivity contribution in [1.82, 2.24) is 14.9 Å². The summed E-state index contributed by atoms with van der Waals surface area (Å²) in [6, 6.07) is 21.3. The van der Waals surface area contributed by atoms with Crippen molar-refractivity contribution in [1.29, 1.82) is 0 Å². The number of carbonyl (C=O) groups excluding carboxylic acids is 1. The SMILES string of the molecule is COc1cccc(C(=O)NC(C)c2nc3ccccc3n2CCCCOc2cc(C)ccc2C)c1. The zero-order valence-electron chi connectivity index (χ0n) is 20.9. The molecule has 1 amide bonds. The van der Waals surface area contributed by atoms with Crippen molar-refractivity contribution < 1.29 is 14.3 Å². The Morgan fingerprint density at radius 1 is 1.03 bits per heavy atom. The third-order valence-corrected chi connectivity index (χ3v) is 6.13. The molecule has 1 unspecified atom stereocenters. The van der Waals surface area contributed by atoms with Crippen LogP contribution in [0.5, 0.6) is 11.5 Å². The fourth-order valence-electron chi connectivity index (χ4n) is 4.19. The lowest BCUT2D eigenvalue weighted by Crippen LogP contribution is -2.28. The minimum Gasteiger partial charge on any atom is -0.497 e. The number of methoxy groups -OCH3 is 1. The average molecular weight is 472 g/mol. The van der Waals surface area contributed by atoms with Crippen molar-refractivity contribution in [2.75, 3.05) is 13.7 Å². The maximum atomic E-state index is 12.9. The Morgan fingerprint density at radius 2 is 1.86 bits per heavy atom. The summed E-state index contributed by atoms with van der Waals surface area (Å²) in [5.74, 6) is 2.29. The van der Waals surface area contributed by atoms with Gasteiger partial charge in [-0.1, -0.05) is 30.3 Å². The van der Waals surface area contributed by atoms with Crippen LogP contribution in [0.25, 0.3) is 11.0 Å². The highest BCUT2D eigenvalue weighted by Gasteiger charge is 2.19. The summed E-state index contributed by atoms with van der Waals surface area (Å²) in [7, 11) is 1.59. The number of amides is 1. The lowest BCUT2D eigenvalue weighted by atomic mass is 10.1. The van der Waals surface area contributed by atoms with Gasteiger partial charge in [0.25, 0.3) is 5.91 Å². The number of ether oxygens (including phenoxy) is 2. The van der Waals surface area contributed by atoms with E-state index in [0.717, 1.165) is 47.6 Å². The van der Waals surface area contributed by atoms with Crippen LogP contribution in [0.2, 0.25) is 0 Å². The molecule has 1 aromatic heterocycles. The number of imidazole rings is 1. The van der Waals surface area contributed by atoms with E-state index in [2.05, 4.69) is 48.0 Å². The van der Waals surface area contributed by atoms with Crippen LogP contribution < -0.4 is 14.8 Å². The van der Waals surface area contributed by atoms with E-state index in [4.69, 9.17) is 14.5 Å². The molecule has 0 aliphatic rings. The number of aryl methyl sites for hydroxylation is 3. The molecule has 0 bridgehead atoms. The highest BCUT2D eigenvalue weighted by Crippen LogP contribution is 2.23. The number of nitrogens with zero attached hydrogens (tertiary/aromatic N) is 2. The summed E-state index contributed by atoms with van der Waals surface area (Å²) in [6.45, 7) is 7.57. The molecule has 6 nitrogen and oxygen atoms in total. The maximum Gasteiger partial charge on any atom is 0.251 e. The summed E-state index contributed by atoms with van der Waals surface area (Å²) in [5, 5.41) is 3.10. The highest BCUT2D eigenvalue weighted by molar-refractivity contribution is 5.94. The summed E-state index contributed by atoms with van der Waals surface area (Å²) in [4.78, 5) is 17.7. The second kappa shape index (κ2) is 11.1. The molecule has 0 aliphatic heterocycles. The molecule has 4 rings (SSSR count). The van der Waals surface area contributed by atoms with Gasteiger partial charge in [-0.3, -0.25) is 4.79 Å². The molecule has 1 atom stereocenters. The number of hydrogen-bond acceptors (Lipinski definition) is 4. The third kappa shape index (κ3) is 5.83. The summed E-state index contributed by atoms with van der Waals surface area (Å²) < 4.78 is 13.5. The van der Waals surface area contributed by atoms with Gasteiger partial charge in [-0.2, -0.15) is 0 Å². The van der Waals surface area contributed by atoms with Crippen LogP contribution in [0.4, 0.5) is 0 Å². The molecule has 1 N–H and O–H groups in total. The summed E-state index contributed by atoms with van der Waals surface area (Å²) in [6.07, 6.45) is 1.86. The number of aromatic nitrogens is 2. The zero-order chi connectivity index (χ0) is 24.8. The van der Waals surface area contributed by atoms with E-state index in [-0.39, 0.29) is 11.9 Å². The van der Waals surface area contributed by atoms with Crippen LogP contribution in [-0.4, -0.2) is 29.2 Å². The minimum atomic E-state index is -0.257. The molecule has 35 heavy (non-hydrogen) atoms. The molecule has 3 aromatic carbocycles. The second-order valence-electron chi connectivity index (χ2n) is 8.86. The van der Waals surface area contributed by atoms with Crippen molar-refractivity contribution in [3.63, 3.8) is 0 Å². The molecular weight excluding hydrogens is 438 g/mol. The molecule has 0 aliphatic carbocycles. The first-order valence-electron chi connectivity index (χ1n) is 12.1. The summed E-state index contributed by atoms with van der Waals surface area (Å²) in [5.41, 5.74) is 4.91. The van der Waals surface area contributed by atoms with Gasteiger partial charge < -0.3 is 19.4 Å². The Bertz CT molecular complexity index is 1310. The lowest BCUT2D eigenvalue weighted by Gasteiger charge is -2.17. The standard InChI is InChI=1S/C29H33N3O3/c1-20-14-15-21(2)27(18-20)35-17-8-7-16-32-26-13-6-5-12-25(26)31-28(32)22(3)30-29(33)23-10-9-11-24(19-23)34-4/h5-6,9-15,18-19,22H,7-8,16-17H2,1-4H3,(H,30,33). The fourth-order valence-corrected chi connectivity index (χ4v) is 4.19. The lowest BCUT2D eigenvalue weighted by molar-refractivity contribution is 0.0937. The van der Waals surface area contributed by atoms with Crippen molar-refractivity contribution in [2.45, 2.75) is 46.2 Å². The van der Waals surface area contributed by atoms with Gasteiger partial charge in [-0.25, -0.2) is 4.98 Å². The van der Waals surface area contributed by atoms with E-state index in [1.54, 1.807) is 19.2 Å².